The number of amides is 1. The Hall–Kier alpha value is -1.85. The fraction of sp³-hybridized carbons (Fsp3) is 0.643. The first-order valence-electron chi connectivity index (χ1n) is 7.13. The highest BCUT2D eigenvalue weighted by molar-refractivity contribution is 5.77. The van der Waals surface area contributed by atoms with Gasteiger partial charge in [0.1, 0.15) is 17.5 Å². The summed E-state index contributed by atoms with van der Waals surface area (Å²) in [7, 11) is 0. The van der Waals surface area contributed by atoms with Gasteiger partial charge in [-0.2, -0.15) is 0 Å². The van der Waals surface area contributed by atoms with Crippen molar-refractivity contribution in [1.29, 1.82) is 0 Å². The van der Waals surface area contributed by atoms with Crippen LogP contribution in [0.5, 0.6) is 0 Å². The van der Waals surface area contributed by atoms with Crippen LogP contribution in [-0.4, -0.2) is 28.5 Å². The smallest absolute Gasteiger partial charge is 0.222 e. The third-order valence-corrected chi connectivity index (χ3v) is 4.08. The molecule has 0 aliphatic carbocycles. The molecule has 2 heterocycles. The number of aryl methyl sites for hydroxylation is 1. The molecular weight excluding hydrogens is 254 g/mol. The lowest BCUT2D eigenvalue weighted by atomic mass is 9.92. The van der Waals surface area contributed by atoms with Crippen LogP contribution < -0.4 is 16.4 Å². The summed E-state index contributed by atoms with van der Waals surface area (Å²) in [6, 6.07) is 0.323. The maximum atomic E-state index is 11.5. The average Bonchev–Trinajstić information content (AvgIpc) is 2.42. The summed E-state index contributed by atoms with van der Waals surface area (Å²) in [4.78, 5) is 22.5. The Morgan fingerprint density at radius 1 is 1.40 bits per heavy atom. The number of rotatable bonds is 3. The van der Waals surface area contributed by atoms with Crippen LogP contribution in [0.2, 0.25) is 0 Å². The first-order valence-corrected chi connectivity index (χ1v) is 7.13. The zero-order chi connectivity index (χ0) is 14.9. The van der Waals surface area contributed by atoms with Gasteiger partial charge >= 0.3 is 0 Å². The van der Waals surface area contributed by atoms with Gasteiger partial charge in [0.25, 0.3) is 0 Å². The van der Waals surface area contributed by atoms with Crippen molar-refractivity contribution < 1.29 is 4.79 Å². The first-order chi connectivity index (χ1) is 9.43. The zero-order valence-electron chi connectivity index (χ0n) is 12.4. The molecule has 1 aromatic rings. The van der Waals surface area contributed by atoms with Gasteiger partial charge in [-0.3, -0.25) is 4.79 Å². The van der Waals surface area contributed by atoms with Crippen LogP contribution in [0.4, 0.5) is 11.6 Å². The maximum Gasteiger partial charge on any atom is 0.222 e. The number of primary amides is 1. The Morgan fingerprint density at radius 2 is 2.10 bits per heavy atom. The molecule has 0 radical (unpaired) electrons. The van der Waals surface area contributed by atoms with Crippen LogP contribution in [0.3, 0.4) is 0 Å². The molecule has 1 saturated heterocycles. The van der Waals surface area contributed by atoms with Crippen molar-refractivity contribution in [3.05, 3.63) is 11.4 Å². The number of nitrogen functional groups attached to an aromatic ring is 1. The Balaban J connectivity index is 2.37. The molecular formula is C14H23N5O. The van der Waals surface area contributed by atoms with Crippen molar-refractivity contribution in [2.24, 2.45) is 11.7 Å². The van der Waals surface area contributed by atoms with Gasteiger partial charge in [0.2, 0.25) is 5.91 Å². The Labute approximate surface area is 119 Å². The van der Waals surface area contributed by atoms with Gasteiger partial charge < -0.3 is 16.4 Å². The van der Waals surface area contributed by atoms with Gasteiger partial charge in [0.15, 0.2) is 0 Å². The number of nitrogens with zero attached hydrogens (tertiary/aromatic N) is 3. The molecule has 4 N–H and O–H groups in total. The highest BCUT2D eigenvalue weighted by Gasteiger charge is 2.30. The van der Waals surface area contributed by atoms with E-state index in [0.29, 0.717) is 18.4 Å². The molecule has 1 aliphatic rings. The Bertz CT molecular complexity index is 517. The SMILES string of the molecule is CCc1nc(N)c(C)c(N2CC(C(N)=O)CCC2C)n1. The van der Waals surface area contributed by atoms with Crippen LogP contribution in [0.1, 0.15) is 38.1 Å². The van der Waals surface area contributed by atoms with Gasteiger partial charge in [0.05, 0.1) is 5.92 Å². The summed E-state index contributed by atoms with van der Waals surface area (Å²) < 4.78 is 0. The summed E-state index contributed by atoms with van der Waals surface area (Å²) in [6.45, 7) is 6.67. The fourth-order valence-corrected chi connectivity index (χ4v) is 2.64. The second kappa shape index (κ2) is 5.64. The van der Waals surface area contributed by atoms with Crippen LogP contribution >= 0.6 is 0 Å². The summed E-state index contributed by atoms with van der Waals surface area (Å²) in [5, 5.41) is 0. The first kappa shape index (κ1) is 14.6. The zero-order valence-corrected chi connectivity index (χ0v) is 12.4. The second-order valence-corrected chi connectivity index (χ2v) is 5.51. The molecule has 1 aliphatic heterocycles. The largest absolute Gasteiger partial charge is 0.383 e. The van der Waals surface area contributed by atoms with E-state index in [0.717, 1.165) is 36.5 Å². The molecule has 2 rings (SSSR count). The Morgan fingerprint density at radius 3 is 2.70 bits per heavy atom. The number of hydrogen-bond acceptors (Lipinski definition) is 5. The molecule has 0 saturated carbocycles. The van der Waals surface area contributed by atoms with Gasteiger partial charge in [-0.15, -0.1) is 0 Å². The van der Waals surface area contributed by atoms with E-state index < -0.39 is 0 Å². The predicted molar refractivity (Wildman–Crippen MR) is 79.3 cm³/mol. The summed E-state index contributed by atoms with van der Waals surface area (Å²) in [6.07, 6.45) is 2.50. The van der Waals surface area contributed by atoms with Crippen molar-refractivity contribution in [1.82, 2.24) is 9.97 Å². The van der Waals surface area contributed by atoms with Crippen LogP contribution in [0.15, 0.2) is 0 Å². The van der Waals surface area contributed by atoms with Crippen molar-refractivity contribution >= 4 is 17.5 Å². The number of nitrogens with two attached hydrogens (primary N) is 2. The second-order valence-electron chi connectivity index (χ2n) is 5.51. The van der Waals surface area contributed by atoms with Gasteiger partial charge in [-0.1, -0.05) is 6.92 Å². The molecule has 6 heteroatoms. The van der Waals surface area contributed by atoms with Crippen molar-refractivity contribution in [2.75, 3.05) is 17.2 Å². The fourth-order valence-electron chi connectivity index (χ4n) is 2.64. The third kappa shape index (κ3) is 2.69. The van der Waals surface area contributed by atoms with E-state index in [2.05, 4.69) is 21.8 Å². The van der Waals surface area contributed by atoms with Gasteiger partial charge in [0, 0.05) is 24.6 Å². The monoisotopic (exact) mass is 277 g/mol. The van der Waals surface area contributed by atoms with Gasteiger partial charge in [-0.25, -0.2) is 9.97 Å². The number of anilines is 2. The topological polar surface area (TPSA) is 98.1 Å². The van der Waals surface area contributed by atoms with Crippen molar-refractivity contribution in [3.63, 3.8) is 0 Å². The summed E-state index contributed by atoms with van der Waals surface area (Å²) in [5.74, 6) is 1.73. The standard InChI is InChI=1S/C14H23N5O/c1-4-11-17-12(15)9(3)14(18-11)19-7-10(13(16)20)6-5-8(19)2/h8,10H,4-7H2,1-3H3,(H2,16,20)(H2,15,17,18). The molecule has 1 aromatic heterocycles. The van der Waals surface area contributed by atoms with Crippen molar-refractivity contribution in [3.8, 4) is 0 Å². The number of carbonyl (C=O) groups excluding carboxylic acids is 1. The Kier molecular flexibility index (Phi) is 4.11. The highest BCUT2D eigenvalue weighted by atomic mass is 16.1. The molecule has 1 fully saturated rings. The van der Waals surface area contributed by atoms with E-state index in [1.807, 2.05) is 13.8 Å². The molecule has 20 heavy (non-hydrogen) atoms. The molecule has 110 valence electrons. The van der Waals surface area contributed by atoms with E-state index in [1.165, 1.54) is 0 Å². The molecule has 2 atom stereocenters. The number of piperidine rings is 1. The maximum absolute atomic E-state index is 11.5. The highest BCUT2D eigenvalue weighted by Crippen LogP contribution is 2.30. The minimum atomic E-state index is -0.239. The third-order valence-electron chi connectivity index (χ3n) is 4.08. The van der Waals surface area contributed by atoms with E-state index in [-0.39, 0.29) is 11.8 Å². The van der Waals surface area contributed by atoms with Crippen LogP contribution in [0.25, 0.3) is 0 Å². The molecule has 0 bridgehead atoms. The summed E-state index contributed by atoms with van der Waals surface area (Å²) >= 11 is 0. The molecule has 2 unspecified atom stereocenters. The molecule has 0 aromatic carbocycles. The number of aromatic nitrogens is 2. The van der Waals surface area contributed by atoms with Gasteiger partial charge in [-0.05, 0) is 26.7 Å². The van der Waals surface area contributed by atoms with E-state index >= 15 is 0 Å². The lowest BCUT2D eigenvalue weighted by Crippen LogP contribution is -2.46. The minimum Gasteiger partial charge on any atom is -0.383 e. The average molecular weight is 277 g/mol. The summed E-state index contributed by atoms with van der Waals surface area (Å²) in [5.41, 5.74) is 12.3. The van der Waals surface area contributed by atoms with Crippen molar-refractivity contribution in [2.45, 2.75) is 46.1 Å². The lowest BCUT2D eigenvalue weighted by molar-refractivity contribution is -0.122. The van der Waals surface area contributed by atoms with E-state index in [4.69, 9.17) is 11.5 Å². The minimum absolute atomic E-state index is 0.119. The van der Waals surface area contributed by atoms with E-state index in [9.17, 15) is 4.79 Å². The quantitative estimate of drug-likeness (QED) is 0.859. The van der Waals surface area contributed by atoms with Crippen LogP contribution in [-0.2, 0) is 11.2 Å². The lowest BCUT2D eigenvalue weighted by Gasteiger charge is -2.38. The normalized spacial score (nSPS) is 22.9. The molecule has 1 amide bonds. The molecule has 0 spiro atoms. The van der Waals surface area contributed by atoms with Crippen LogP contribution in [0, 0.1) is 12.8 Å². The number of carbonyl (C=O) groups is 1. The predicted octanol–water partition coefficient (Wildman–Crippen LogP) is 1.02. The van der Waals surface area contributed by atoms with E-state index in [1.54, 1.807) is 0 Å². The number of hydrogen-bond donors (Lipinski definition) is 2. The molecule has 6 nitrogen and oxygen atoms in total.